The average molecular weight is 224 g/mol. The van der Waals surface area contributed by atoms with Crippen molar-refractivity contribution in [1.82, 2.24) is 0 Å². The Bertz CT molecular complexity index is 388. The van der Waals surface area contributed by atoms with E-state index in [1.165, 1.54) is 7.11 Å². The second kappa shape index (κ2) is 4.74. The predicted molar refractivity (Wildman–Crippen MR) is 54.9 cm³/mol. The quantitative estimate of drug-likeness (QED) is 0.717. The van der Waals surface area contributed by atoms with Crippen LogP contribution in [0.4, 0.5) is 0 Å². The first-order valence-corrected chi connectivity index (χ1v) is 4.89. The molecule has 0 atom stereocenters. The number of hydrogen-bond acceptors (Lipinski definition) is 5. The van der Waals surface area contributed by atoms with Gasteiger partial charge in [-0.1, -0.05) is 0 Å². The van der Waals surface area contributed by atoms with Crippen LogP contribution in [0, 0.1) is 0 Å². The molecular weight excluding hydrogens is 212 g/mol. The van der Waals surface area contributed by atoms with E-state index in [1.807, 2.05) is 0 Å². The van der Waals surface area contributed by atoms with E-state index >= 15 is 0 Å². The van der Waals surface area contributed by atoms with Gasteiger partial charge < -0.3 is 18.9 Å². The highest BCUT2D eigenvalue weighted by molar-refractivity contribution is 5.70. The molecule has 0 saturated heterocycles. The lowest BCUT2D eigenvalue weighted by atomic mass is 10.3. The van der Waals surface area contributed by atoms with E-state index in [-0.39, 0.29) is 6.61 Å². The number of esters is 1. The summed E-state index contributed by atoms with van der Waals surface area (Å²) in [5.74, 6) is 1.45. The SMILES string of the molecule is COC(=O)COc1ccc2c(c1)OCCO2. The zero-order chi connectivity index (χ0) is 11.4. The minimum atomic E-state index is -0.421. The van der Waals surface area contributed by atoms with Crippen LogP contribution in [0.1, 0.15) is 0 Å². The van der Waals surface area contributed by atoms with Gasteiger partial charge in [0.25, 0.3) is 0 Å². The Kier molecular flexibility index (Phi) is 3.14. The largest absolute Gasteiger partial charge is 0.486 e. The van der Waals surface area contributed by atoms with Crippen molar-refractivity contribution in [2.24, 2.45) is 0 Å². The third-order valence-corrected chi connectivity index (χ3v) is 2.10. The molecule has 0 fully saturated rings. The Morgan fingerprint density at radius 3 is 2.81 bits per heavy atom. The summed E-state index contributed by atoms with van der Waals surface area (Å²) in [4.78, 5) is 10.9. The van der Waals surface area contributed by atoms with Crippen molar-refractivity contribution in [2.45, 2.75) is 0 Å². The van der Waals surface area contributed by atoms with Crippen LogP contribution >= 0.6 is 0 Å². The number of methoxy groups -OCH3 is 1. The first-order valence-electron chi connectivity index (χ1n) is 4.89. The molecule has 1 aliphatic rings. The van der Waals surface area contributed by atoms with Crippen molar-refractivity contribution in [1.29, 1.82) is 0 Å². The van der Waals surface area contributed by atoms with Gasteiger partial charge in [0.05, 0.1) is 7.11 Å². The van der Waals surface area contributed by atoms with Gasteiger partial charge in [-0.15, -0.1) is 0 Å². The highest BCUT2D eigenvalue weighted by atomic mass is 16.6. The van der Waals surface area contributed by atoms with Crippen LogP contribution in [-0.2, 0) is 9.53 Å². The Morgan fingerprint density at radius 1 is 1.31 bits per heavy atom. The first kappa shape index (κ1) is 10.6. The van der Waals surface area contributed by atoms with Crippen LogP contribution in [-0.4, -0.2) is 32.9 Å². The number of carbonyl (C=O) groups excluding carboxylic acids is 1. The van der Waals surface area contributed by atoms with Crippen LogP contribution in [0.15, 0.2) is 18.2 Å². The molecule has 0 N–H and O–H groups in total. The van der Waals surface area contributed by atoms with Crippen LogP contribution in [0.3, 0.4) is 0 Å². The molecule has 0 bridgehead atoms. The maximum Gasteiger partial charge on any atom is 0.343 e. The summed E-state index contributed by atoms with van der Waals surface area (Å²) in [6, 6.07) is 5.16. The van der Waals surface area contributed by atoms with Crippen molar-refractivity contribution in [3.8, 4) is 17.2 Å². The fourth-order valence-electron chi connectivity index (χ4n) is 1.31. The average Bonchev–Trinajstić information content (AvgIpc) is 2.35. The third-order valence-electron chi connectivity index (χ3n) is 2.10. The Balaban J connectivity index is 2.03. The second-order valence-corrected chi connectivity index (χ2v) is 3.17. The molecule has 1 heterocycles. The van der Waals surface area contributed by atoms with Crippen molar-refractivity contribution in [3.63, 3.8) is 0 Å². The molecule has 0 spiro atoms. The zero-order valence-electron chi connectivity index (χ0n) is 8.89. The molecule has 16 heavy (non-hydrogen) atoms. The van der Waals surface area contributed by atoms with Gasteiger partial charge in [-0.3, -0.25) is 0 Å². The lowest BCUT2D eigenvalue weighted by Crippen LogP contribution is -2.16. The molecule has 0 aromatic heterocycles. The van der Waals surface area contributed by atoms with Crippen LogP contribution < -0.4 is 14.2 Å². The summed E-state index contributed by atoms with van der Waals surface area (Å²) < 4.78 is 20.4. The summed E-state index contributed by atoms with van der Waals surface area (Å²) in [5, 5.41) is 0. The lowest BCUT2D eigenvalue weighted by molar-refractivity contribution is -0.142. The maximum atomic E-state index is 10.9. The van der Waals surface area contributed by atoms with E-state index in [0.29, 0.717) is 30.5 Å². The number of benzene rings is 1. The van der Waals surface area contributed by atoms with Gasteiger partial charge in [0.15, 0.2) is 18.1 Å². The molecular formula is C11H12O5. The number of rotatable bonds is 3. The minimum absolute atomic E-state index is 0.115. The third kappa shape index (κ3) is 2.36. The standard InChI is InChI=1S/C11H12O5/c1-13-11(12)7-16-8-2-3-9-10(6-8)15-5-4-14-9/h2-3,6H,4-5,7H2,1H3. The summed E-state index contributed by atoms with van der Waals surface area (Å²) in [6.45, 7) is 0.957. The molecule has 1 aliphatic heterocycles. The number of hydrogen-bond donors (Lipinski definition) is 0. The normalized spacial score (nSPS) is 13.1. The highest BCUT2D eigenvalue weighted by Crippen LogP contribution is 2.33. The van der Waals surface area contributed by atoms with Gasteiger partial charge in [0.2, 0.25) is 0 Å². The smallest absolute Gasteiger partial charge is 0.343 e. The van der Waals surface area contributed by atoms with Crippen molar-refractivity contribution in [2.75, 3.05) is 26.9 Å². The molecule has 0 amide bonds. The predicted octanol–water partition coefficient (Wildman–Crippen LogP) is 1.01. The van der Waals surface area contributed by atoms with E-state index in [2.05, 4.69) is 4.74 Å². The molecule has 86 valence electrons. The van der Waals surface area contributed by atoms with Crippen molar-refractivity contribution >= 4 is 5.97 Å². The second-order valence-electron chi connectivity index (χ2n) is 3.17. The van der Waals surface area contributed by atoms with Gasteiger partial charge in [-0.25, -0.2) is 4.79 Å². The van der Waals surface area contributed by atoms with Crippen molar-refractivity contribution in [3.05, 3.63) is 18.2 Å². The van der Waals surface area contributed by atoms with Crippen LogP contribution in [0.2, 0.25) is 0 Å². The molecule has 2 rings (SSSR count). The van der Waals surface area contributed by atoms with Gasteiger partial charge in [0, 0.05) is 6.07 Å². The maximum absolute atomic E-state index is 10.9. The van der Waals surface area contributed by atoms with Gasteiger partial charge in [0.1, 0.15) is 19.0 Å². The van der Waals surface area contributed by atoms with Gasteiger partial charge >= 0.3 is 5.97 Å². The molecule has 1 aromatic carbocycles. The molecule has 0 aliphatic carbocycles. The molecule has 5 heteroatoms. The van der Waals surface area contributed by atoms with E-state index in [1.54, 1.807) is 18.2 Å². The Labute approximate surface area is 92.9 Å². The highest BCUT2D eigenvalue weighted by Gasteiger charge is 2.12. The zero-order valence-corrected chi connectivity index (χ0v) is 8.89. The fourth-order valence-corrected chi connectivity index (χ4v) is 1.31. The monoisotopic (exact) mass is 224 g/mol. The number of fused-ring (bicyclic) bond motifs is 1. The summed E-state index contributed by atoms with van der Waals surface area (Å²) in [7, 11) is 1.31. The van der Waals surface area contributed by atoms with E-state index in [9.17, 15) is 4.79 Å². The summed E-state index contributed by atoms with van der Waals surface area (Å²) in [5.41, 5.74) is 0. The van der Waals surface area contributed by atoms with Gasteiger partial charge in [-0.2, -0.15) is 0 Å². The minimum Gasteiger partial charge on any atom is -0.486 e. The topological polar surface area (TPSA) is 54.0 Å². The molecule has 0 unspecified atom stereocenters. The molecule has 5 nitrogen and oxygen atoms in total. The Morgan fingerprint density at radius 2 is 2.06 bits per heavy atom. The summed E-state index contributed by atoms with van der Waals surface area (Å²) in [6.07, 6.45) is 0. The number of carbonyl (C=O) groups is 1. The van der Waals surface area contributed by atoms with Crippen molar-refractivity contribution < 1.29 is 23.7 Å². The molecule has 0 radical (unpaired) electrons. The lowest BCUT2D eigenvalue weighted by Gasteiger charge is -2.18. The van der Waals surface area contributed by atoms with Gasteiger partial charge in [-0.05, 0) is 12.1 Å². The molecule has 1 aromatic rings. The molecule has 0 saturated carbocycles. The van der Waals surface area contributed by atoms with Crippen LogP contribution in [0.25, 0.3) is 0 Å². The van der Waals surface area contributed by atoms with E-state index in [0.717, 1.165) is 0 Å². The van der Waals surface area contributed by atoms with E-state index < -0.39 is 5.97 Å². The first-order chi connectivity index (χ1) is 7.79. The Hall–Kier alpha value is -1.91. The van der Waals surface area contributed by atoms with Crippen LogP contribution in [0.5, 0.6) is 17.2 Å². The fraction of sp³-hybridized carbons (Fsp3) is 0.364. The summed E-state index contributed by atoms with van der Waals surface area (Å²) >= 11 is 0. The van der Waals surface area contributed by atoms with E-state index in [4.69, 9.17) is 14.2 Å². The number of ether oxygens (including phenoxy) is 4.